The first-order chi connectivity index (χ1) is 12.0. The number of carbonyl (C=O) groups is 3. The molecule has 25 heavy (non-hydrogen) atoms. The SMILES string of the molecule is CCc1oc(C(=O)N2CCC(C(=O)N3CCCC3)CC2)cc1C(=O)O. The van der Waals surface area contributed by atoms with Crippen LogP contribution in [0.15, 0.2) is 10.5 Å². The number of rotatable bonds is 4. The summed E-state index contributed by atoms with van der Waals surface area (Å²) in [6, 6.07) is 1.31. The number of aryl methyl sites for hydroxylation is 1. The van der Waals surface area contributed by atoms with Crippen molar-refractivity contribution in [3.63, 3.8) is 0 Å². The van der Waals surface area contributed by atoms with Gasteiger partial charge >= 0.3 is 5.97 Å². The Labute approximate surface area is 146 Å². The van der Waals surface area contributed by atoms with E-state index in [9.17, 15) is 19.5 Å². The van der Waals surface area contributed by atoms with Crippen LogP contribution in [0, 0.1) is 5.92 Å². The zero-order valence-corrected chi connectivity index (χ0v) is 14.5. The Kier molecular flexibility index (Phi) is 5.11. The molecule has 2 fully saturated rings. The summed E-state index contributed by atoms with van der Waals surface area (Å²) >= 11 is 0. The predicted molar refractivity (Wildman–Crippen MR) is 89.5 cm³/mol. The number of nitrogens with zero attached hydrogens (tertiary/aromatic N) is 2. The lowest BCUT2D eigenvalue weighted by Crippen LogP contribution is -2.43. The van der Waals surface area contributed by atoms with Gasteiger partial charge < -0.3 is 19.3 Å². The third-order valence-electron chi connectivity index (χ3n) is 5.12. The van der Waals surface area contributed by atoms with Crippen molar-refractivity contribution in [2.45, 2.75) is 39.0 Å². The fourth-order valence-electron chi connectivity index (χ4n) is 3.66. The second-order valence-corrected chi connectivity index (χ2v) is 6.71. The van der Waals surface area contributed by atoms with Gasteiger partial charge in [0.15, 0.2) is 5.76 Å². The van der Waals surface area contributed by atoms with E-state index in [0.717, 1.165) is 25.9 Å². The maximum Gasteiger partial charge on any atom is 0.339 e. The molecule has 0 atom stereocenters. The van der Waals surface area contributed by atoms with Crippen molar-refractivity contribution in [1.29, 1.82) is 0 Å². The van der Waals surface area contributed by atoms with Crippen molar-refractivity contribution in [3.8, 4) is 0 Å². The molecule has 0 unspecified atom stereocenters. The van der Waals surface area contributed by atoms with Gasteiger partial charge in [-0.1, -0.05) is 6.92 Å². The Hall–Kier alpha value is -2.31. The van der Waals surface area contributed by atoms with Gasteiger partial charge in [0, 0.05) is 44.6 Å². The monoisotopic (exact) mass is 348 g/mol. The van der Waals surface area contributed by atoms with Crippen LogP contribution in [0.4, 0.5) is 0 Å². The standard InChI is InChI=1S/C18H24N2O5/c1-2-14-13(18(23)24)11-15(25-14)17(22)20-9-5-12(6-10-20)16(21)19-7-3-4-8-19/h11-12H,2-10H2,1H3,(H,23,24). The number of carbonyl (C=O) groups excluding carboxylic acids is 2. The van der Waals surface area contributed by atoms with Crippen LogP contribution < -0.4 is 0 Å². The molecule has 3 rings (SSSR count). The molecule has 0 saturated carbocycles. The van der Waals surface area contributed by atoms with E-state index in [-0.39, 0.29) is 29.1 Å². The van der Waals surface area contributed by atoms with Gasteiger partial charge in [0.05, 0.1) is 0 Å². The lowest BCUT2D eigenvalue weighted by Gasteiger charge is -2.32. The average molecular weight is 348 g/mol. The summed E-state index contributed by atoms with van der Waals surface area (Å²) in [6.07, 6.45) is 3.87. The molecule has 3 heterocycles. The third kappa shape index (κ3) is 3.55. The molecule has 0 aliphatic carbocycles. The first-order valence-corrected chi connectivity index (χ1v) is 8.95. The molecule has 2 aliphatic heterocycles. The second kappa shape index (κ2) is 7.29. The number of carboxylic acid groups (broad SMARTS) is 1. The molecule has 136 valence electrons. The van der Waals surface area contributed by atoms with Crippen molar-refractivity contribution in [2.24, 2.45) is 5.92 Å². The number of amides is 2. The number of aromatic carboxylic acids is 1. The van der Waals surface area contributed by atoms with E-state index in [1.54, 1.807) is 11.8 Å². The molecule has 0 radical (unpaired) electrons. The summed E-state index contributed by atoms with van der Waals surface area (Å²) in [5, 5.41) is 9.17. The van der Waals surface area contributed by atoms with Gasteiger partial charge in [0.2, 0.25) is 5.91 Å². The quantitative estimate of drug-likeness (QED) is 0.899. The molecule has 7 nitrogen and oxygen atoms in total. The van der Waals surface area contributed by atoms with Crippen LogP contribution >= 0.6 is 0 Å². The molecule has 1 aromatic rings. The molecule has 1 aromatic heterocycles. The van der Waals surface area contributed by atoms with E-state index in [4.69, 9.17) is 4.42 Å². The van der Waals surface area contributed by atoms with Crippen molar-refractivity contribution in [3.05, 3.63) is 23.2 Å². The van der Waals surface area contributed by atoms with Crippen LogP contribution in [0.3, 0.4) is 0 Å². The zero-order chi connectivity index (χ0) is 18.0. The first-order valence-electron chi connectivity index (χ1n) is 8.95. The highest BCUT2D eigenvalue weighted by molar-refractivity contribution is 5.96. The topological polar surface area (TPSA) is 91.1 Å². The van der Waals surface area contributed by atoms with Crippen LogP contribution in [0.2, 0.25) is 0 Å². The Morgan fingerprint density at radius 3 is 2.28 bits per heavy atom. The minimum atomic E-state index is -1.09. The van der Waals surface area contributed by atoms with Gasteiger partial charge in [-0.05, 0) is 25.7 Å². The third-order valence-corrected chi connectivity index (χ3v) is 5.12. The summed E-state index contributed by atoms with van der Waals surface area (Å²) in [5.74, 6) is -0.805. The van der Waals surface area contributed by atoms with Crippen LogP contribution in [-0.4, -0.2) is 58.9 Å². The molecule has 7 heteroatoms. The van der Waals surface area contributed by atoms with Gasteiger partial charge in [-0.25, -0.2) is 4.79 Å². The highest BCUT2D eigenvalue weighted by Crippen LogP contribution is 2.24. The Balaban J connectivity index is 1.61. The number of furan rings is 1. The maximum atomic E-state index is 12.6. The van der Waals surface area contributed by atoms with Gasteiger partial charge in [0.25, 0.3) is 5.91 Å². The molecule has 2 amide bonds. The Morgan fingerprint density at radius 2 is 1.76 bits per heavy atom. The van der Waals surface area contributed by atoms with Gasteiger partial charge in [0.1, 0.15) is 11.3 Å². The molecule has 1 N–H and O–H groups in total. The van der Waals surface area contributed by atoms with Gasteiger partial charge in [-0.3, -0.25) is 9.59 Å². The Bertz CT molecular complexity index is 667. The van der Waals surface area contributed by atoms with Crippen molar-refractivity contribution >= 4 is 17.8 Å². The van der Waals surface area contributed by atoms with E-state index in [1.807, 2.05) is 4.90 Å². The second-order valence-electron chi connectivity index (χ2n) is 6.71. The van der Waals surface area contributed by atoms with Crippen LogP contribution in [-0.2, 0) is 11.2 Å². The van der Waals surface area contributed by atoms with Crippen LogP contribution in [0.25, 0.3) is 0 Å². The number of piperidine rings is 1. The van der Waals surface area contributed by atoms with Gasteiger partial charge in [-0.2, -0.15) is 0 Å². The fraction of sp³-hybridized carbons (Fsp3) is 0.611. The highest BCUT2D eigenvalue weighted by Gasteiger charge is 2.32. The maximum absolute atomic E-state index is 12.6. The van der Waals surface area contributed by atoms with Crippen molar-refractivity contribution < 1.29 is 23.9 Å². The summed E-state index contributed by atoms with van der Waals surface area (Å²) < 4.78 is 5.45. The highest BCUT2D eigenvalue weighted by atomic mass is 16.4. The predicted octanol–water partition coefficient (Wildman–Crippen LogP) is 2.01. The number of carboxylic acids is 1. The summed E-state index contributed by atoms with van der Waals surface area (Å²) in [5.41, 5.74) is 0.0462. The van der Waals surface area contributed by atoms with E-state index in [2.05, 4.69) is 0 Å². The zero-order valence-electron chi connectivity index (χ0n) is 14.5. The molecular weight excluding hydrogens is 324 g/mol. The molecule has 0 bridgehead atoms. The van der Waals surface area contributed by atoms with E-state index in [1.165, 1.54) is 6.07 Å². The van der Waals surface area contributed by atoms with Crippen molar-refractivity contribution in [2.75, 3.05) is 26.2 Å². The van der Waals surface area contributed by atoms with Crippen LogP contribution in [0.5, 0.6) is 0 Å². The minimum absolute atomic E-state index is 0.0143. The largest absolute Gasteiger partial charge is 0.478 e. The lowest BCUT2D eigenvalue weighted by molar-refractivity contribution is -0.135. The fourth-order valence-corrected chi connectivity index (χ4v) is 3.66. The molecule has 2 saturated heterocycles. The summed E-state index contributed by atoms with van der Waals surface area (Å²) in [6.45, 7) is 4.47. The number of likely N-dealkylation sites (tertiary alicyclic amines) is 2. The van der Waals surface area contributed by atoms with E-state index >= 15 is 0 Å². The van der Waals surface area contributed by atoms with E-state index in [0.29, 0.717) is 38.1 Å². The van der Waals surface area contributed by atoms with Crippen molar-refractivity contribution in [1.82, 2.24) is 9.80 Å². The normalized spacial score (nSPS) is 18.6. The Morgan fingerprint density at radius 1 is 1.12 bits per heavy atom. The number of hydrogen-bond acceptors (Lipinski definition) is 4. The minimum Gasteiger partial charge on any atom is -0.478 e. The molecule has 2 aliphatic rings. The van der Waals surface area contributed by atoms with Gasteiger partial charge in [-0.15, -0.1) is 0 Å². The smallest absolute Gasteiger partial charge is 0.339 e. The summed E-state index contributed by atoms with van der Waals surface area (Å²) in [4.78, 5) is 39.8. The van der Waals surface area contributed by atoms with Crippen LogP contribution in [0.1, 0.15) is 59.3 Å². The first kappa shape index (κ1) is 17.5. The lowest BCUT2D eigenvalue weighted by atomic mass is 9.95. The summed E-state index contributed by atoms with van der Waals surface area (Å²) in [7, 11) is 0. The molecule has 0 spiro atoms. The molecular formula is C18H24N2O5. The molecule has 0 aromatic carbocycles. The average Bonchev–Trinajstić information content (AvgIpc) is 3.30. The number of hydrogen-bond donors (Lipinski definition) is 1. The van der Waals surface area contributed by atoms with E-state index < -0.39 is 5.97 Å².